The first-order chi connectivity index (χ1) is 11.5. The molecule has 0 fully saturated rings. The molecule has 1 aromatic rings. The number of rotatable bonds is 7. The molecule has 127 valence electrons. The normalized spacial score (nSPS) is 17.5. The van der Waals surface area contributed by atoms with Gasteiger partial charge in [0.15, 0.2) is 0 Å². The summed E-state index contributed by atoms with van der Waals surface area (Å²) < 4.78 is 0. The second-order valence-electron chi connectivity index (χ2n) is 7.27. The minimum atomic E-state index is 0.357. The summed E-state index contributed by atoms with van der Waals surface area (Å²) in [6.07, 6.45) is 12.8. The van der Waals surface area contributed by atoms with Gasteiger partial charge in [0.05, 0.1) is 11.1 Å². The van der Waals surface area contributed by atoms with Crippen LogP contribution in [0.1, 0.15) is 40.5 Å². The fourth-order valence-corrected chi connectivity index (χ4v) is 2.64. The first-order valence-electron chi connectivity index (χ1n) is 9.04. The van der Waals surface area contributed by atoms with E-state index in [0.29, 0.717) is 17.8 Å². The molecule has 1 heteroatoms. The summed E-state index contributed by atoms with van der Waals surface area (Å²) in [7, 11) is 0. The molecule has 0 N–H and O–H groups in total. The molecule has 0 aliphatic carbocycles. The maximum absolute atomic E-state index is 4.81. The van der Waals surface area contributed by atoms with Crippen LogP contribution in [0.15, 0.2) is 65.3 Å². The van der Waals surface area contributed by atoms with E-state index in [1.807, 2.05) is 0 Å². The predicted octanol–water partition coefficient (Wildman–Crippen LogP) is 5.01. The molecular weight excluding hydrogens is 290 g/mol. The Morgan fingerprint density at radius 3 is 2.50 bits per heavy atom. The number of para-hydroxylation sites is 1. The van der Waals surface area contributed by atoms with Gasteiger partial charge >= 0.3 is 0 Å². The van der Waals surface area contributed by atoms with Crippen LogP contribution in [0.5, 0.6) is 0 Å². The Kier molecular flexibility index (Phi) is 6.78. The molecule has 1 unspecified atom stereocenters. The molecule has 1 radical (unpaired) electrons. The molecule has 1 aliphatic heterocycles. The van der Waals surface area contributed by atoms with Crippen molar-refractivity contribution in [3.63, 3.8) is 0 Å². The Morgan fingerprint density at radius 1 is 1.04 bits per heavy atom. The topological polar surface area (TPSA) is 12.4 Å². The summed E-state index contributed by atoms with van der Waals surface area (Å²) in [6, 6.07) is 8.45. The van der Waals surface area contributed by atoms with Gasteiger partial charge in [-0.1, -0.05) is 70.2 Å². The van der Waals surface area contributed by atoms with E-state index in [2.05, 4.69) is 89.3 Å². The summed E-state index contributed by atoms with van der Waals surface area (Å²) in [5.74, 6) is 1.63. The van der Waals surface area contributed by atoms with E-state index in [9.17, 15) is 0 Å². The summed E-state index contributed by atoms with van der Waals surface area (Å²) in [5, 5.41) is 2.40. The van der Waals surface area contributed by atoms with E-state index in [1.54, 1.807) is 0 Å². The second kappa shape index (κ2) is 8.82. The van der Waals surface area contributed by atoms with Gasteiger partial charge < -0.3 is 0 Å². The smallest absolute Gasteiger partial charge is 0.0712 e. The zero-order valence-corrected chi connectivity index (χ0v) is 15.5. The SMILES string of the molecule is [CH2]C(C=CC=CC=C1N=c2ccccc2=C1CCC(C)C)C(C)C. The maximum Gasteiger partial charge on any atom is 0.0712 e. The van der Waals surface area contributed by atoms with Crippen LogP contribution in [0.25, 0.3) is 5.57 Å². The van der Waals surface area contributed by atoms with E-state index >= 15 is 0 Å². The predicted molar refractivity (Wildman–Crippen MR) is 105 cm³/mol. The van der Waals surface area contributed by atoms with Gasteiger partial charge in [-0.15, -0.1) is 0 Å². The van der Waals surface area contributed by atoms with Gasteiger partial charge in [-0.05, 0) is 55.2 Å². The lowest BCUT2D eigenvalue weighted by Crippen LogP contribution is -2.22. The van der Waals surface area contributed by atoms with Crippen molar-refractivity contribution in [2.45, 2.75) is 40.5 Å². The van der Waals surface area contributed by atoms with Crippen molar-refractivity contribution in [1.82, 2.24) is 0 Å². The van der Waals surface area contributed by atoms with Crippen LogP contribution in [0.3, 0.4) is 0 Å². The first kappa shape index (κ1) is 18.4. The van der Waals surface area contributed by atoms with Crippen LogP contribution in [-0.4, -0.2) is 0 Å². The van der Waals surface area contributed by atoms with Crippen molar-refractivity contribution in [3.8, 4) is 0 Å². The lowest BCUT2D eigenvalue weighted by atomic mass is 9.98. The summed E-state index contributed by atoms with van der Waals surface area (Å²) in [4.78, 5) is 4.81. The number of allylic oxidation sites excluding steroid dienone is 6. The fraction of sp³-hybridized carbons (Fsp3) is 0.391. The van der Waals surface area contributed by atoms with Crippen LogP contribution >= 0.6 is 0 Å². The summed E-state index contributed by atoms with van der Waals surface area (Å²) in [5.41, 5.74) is 2.49. The molecule has 1 aromatic carbocycles. The molecule has 0 amide bonds. The van der Waals surface area contributed by atoms with Crippen LogP contribution in [0.4, 0.5) is 0 Å². The van der Waals surface area contributed by atoms with E-state index in [1.165, 1.54) is 17.2 Å². The number of fused-ring (bicyclic) bond motifs is 1. The number of nitrogens with zero attached hydrogens (tertiary/aromatic N) is 1. The van der Waals surface area contributed by atoms with E-state index in [0.717, 1.165) is 17.5 Å². The molecule has 1 heterocycles. The molecular formula is C23H30N. The van der Waals surface area contributed by atoms with Crippen molar-refractivity contribution in [3.05, 3.63) is 77.8 Å². The average molecular weight is 321 g/mol. The molecule has 0 spiro atoms. The number of benzene rings is 1. The highest BCUT2D eigenvalue weighted by molar-refractivity contribution is 5.66. The highest BCUT2D eigenvalue weighted by atomic mass is 14.8. The summed E-state index contributed by atoms with van der Waals surface area (Å²) in [6.45, 7) is 13.1. The highest BCUT2D eigenvalue weighted by Crippen LogP contribution is 2.22. The van der Waals surface area contributed by atoms with E-state index < -0.39 is 0 Å². The molecule has 1 aliphatic rings. The van der Waals surface area contributed by atoms with Gasteiger partial charge in [0.25, 0.3) is 0 Å². The van der Waals surface area contributed by atoms with E-state index in [4.69, 9.17) is 4.99 Å². The van der Waals surface area contributed by atoms with Crippen LogP contribution in [0.2, 0.25) is 0 Å². The van der Waals surface area contributed by atoms with Crippen molar-refractivity contribution in [1.29, 1.82) is 0 Å². The van der Waals surface area contributed by atoms with Gasteiger partial charge in [0, 0.05) is 5.22 Å². The van der Waals surface area contributed by atoms with Gasteiger partial charge in [0.1, 0.15) is 0 Å². The molecule has 2 rings (SSSR count). The van der Waals surface area contributed by atoms with Crippen LogP contribution in [-0.2, 0) is 0 Å². The monoisotopic (exact) mass is 320 g/mol. The molecule has 0 aromatic heterocycles. The fourth-order valence-electron chi connectivity index (χ4n) is 2.64. The third-order valence-electron chi connectivity index (χ3n) is 4.44. The molecule has 0 bridgehead atoms. The summed E-state index contributed by atoms with van der Waals surface area (Å²) >= 11 is 0. The van der Waals surface area contributed by atoms with Gasteiger partial charge in [-0.25, -0.2) is 4.99 Å². The van der Waals surface area contributed by atoms with Gasteiger partial charge in [-0.2, -0.15) is 0 Å². The average Bonchev–Trinajstić information content (AvgIpc) is 2.89. The van der Waals surface area contributed by atoms with Gasteiger partial charge in [0.2, 0.25) is 0 Å². The molecule has 0 saturated heterocycles. The largest absolute Gasteiger partial charge is 0.248 e. The van der Waals surface area contributed by atoms with Gasteiger partial charge in [-0.3, -0.25) is 0 Å². The minimum Gasteiger partial charge on any atom is -0.248 e. The zero-order chi connectivity index (χ0) is 17.5. The Hall–Kier alpha value is -1.89. The van der Waals surface area contributed by atoms with Crippen molar-refractivity contribution >= 4 is 5.57 Å². The number of hydrogen-bond donors (Lipinski definition) is 0. The van der Waals surface area contributed by atoms with Crippen molar-refractivity contribution in [2.75, 3.05) is 0 Å². The van der Waals surface area contributed by atoms with E-state index in [-0.39, 0.29) is 0 Å². The molecule has 24 heavy (non-hydrogen) atoms. The quantitative estimate of drug-likeness (QED) is 0.626. The lowest BCUT2D eigenvalue weighted by Gasteiger charge is -2.08. The van der Waals surface area contributed by atoms with Crippen LogP contribution in [0, 0.1) is 24.7 Å². The standard InChI is InChI=1S/C23H30N/c1-17(2)15-16-21-20-12-9-10-14-22(20)24-23(21)13-8-6-7-11-19(5)18(3)4/h6-14,17-19H,5,15-16H2,1-4H3. The Labute approximate surface area is 147 Å². The molecule has 1 nitrogen and oxygen atoms in total. The van der Waals surface area contributed by atoms with Crippen molar-refractivity contribution < 1.29 is 0 Å². The zero-order valence-electron chi connectivity index (χ0n) is 15.5. The lowest BCUT2D eigenvalue weighted by molar-refractivity contribution is 0.547. The third kappa shape index (κ3) is 5.06. The first-order valence-corrected chi connectivity index (χ1v) is 9.04. The highest BCUT2D eigenvalue weighted by Gasteiger charge is 2.12. The Morgan fingerprint density at radius 2 is 1.79 bits per heavy atom. The third-order valence-corrected chi connectivity index (χ3v) is 4.44. The maximum atomic E-state index is 4.81. The minimum absolute atomic E-state index is 0.357. The number of hydrogen-bond acceptors (Lipinski definition) is 1. The van der Waals surface area contributed by atoms with Crippen molar-refractivity contribution in [2.24, 2.45) is 22.7 Å². The van der Waals surface area contributed by atoms with Crippen LogP contribution < -0.4 is 10.6 Å². The Bertz CT molecular complexity index is 744. The second-order valence-corrected chi connectivity index (χ2v) is 7.27. The molecule has 1 atom stereocenters. The Balaban J connectivity index is 2.18. The molecule has 0 saturated carbocycles.